The van der Waals surface area contributed by atoms with Crippen molar-refractivity contribution in [1.29, 1.82) is 0 Å². The summed E-state index contributed by atoms with van der Waals surface area (Å²) < 4.78 is 2.13. The summed E-state index contributed by atoms with van der Waals surface area (Å²) in [6, 6.07) is 4.18. The van der Waals surface area contributed by atoms with Gasteiger partial charge in [0.15, 0.2) is 5.96 Å². The molecule has 0 amide bonds. The number of rotatable bonds is 4. The topological polar surface area (TPSA) is 45.5 Å². The molecular formula is C15H24IN5S. The van der Waals surface area contributed by atoms with Gasteiger partial charge >= 0.3 is 0 Å². The molecule has 5 nitrogen and oxygen atoms in total. The number of halogens is 1. The van der Waals surface area contributed by atoms with Crippen LogP contribution in [0.15, 0.2) is 23.3 Å². The highest BCUT2D eigenvalue weighted by molar-refractivity contribution is 14.0. The monoisotopic (exact) mass is 433 g/mol. The predicted molar refractivity (Wildman–Crippen MR) is 104 cm³/mol. The molecule has 0 spiro atoms. The van der Waals surface area contributed by atoms with Crippen molar-refractivity contribution in [2.75, 3.05) is 14.1 Å². The standard InChI is InChI=1S/C15H23N5S.HI/c1-11-14(21-12(2)18-11)9-17-15(16-3)20(5)10-13-7-6-8-19(13)4;/h6-8H,9-10H2,1-5H3,(H,16,17);1H. The molecule has 2 aromatic rings. The molecule has 0 radical (unpaired) electrons. The van der Waals surface area contributed by atoms with Gasteiger partial charge in [0.1, 0.15) is 0 Å². The van der Waals surface area contributed by atoms with Gasteiger partial charge in [0.05, 0.1) is 23.8 Å². The van der Waals surface area contributed by atoms with Crippen LogP contribution < -0.4 is 5.32 Å². The maximum atomic E-state index is 4.45. The summed E-state index contributed by atoms with van der Waals surface area (Å²) in [5.74, 6) is 0.890. The van der Waals surface area contributed by atoms with E-state index in [1.54, 1.807) is 11.3 Å². The molecule has 122 valence electrons. The van der Waals surface area contributed by atoms with E-state index in [1.807, 2.05) is 21.0 Å². The number of hydrogen-bond acceptors (Lipinski definition) is 3. The van der Waals surface area contributed by atoms with Crippen LogP contribution in [0.1, 0.15) is 21.3 Å². The Balaban J connectivity index is 0.00000242. The summed E-state index contributed by atoms with van der Waals surface area (Å²) in [6.07, 6.45) is 2.06. The molecule has 0 aliphatic heterocycles. The Hall–Kier alpha value is -1.09. The van der Waals surface area contributed by atoms with Gasteiger partial charge in [0.25, 0.3) is 0 Å². The molecule has 0 fully saturated rings. The zero-order chi connectivity index (χ0) is 15.4. The van der Waals surface area contributed by atoms with Gasteiger partial charge in [-0.25, -0.2) is 4.98 Å². The van der Waals surface area contributed by atoms with E-state index in [0.717, 1.165) is 29.8 Å². The third-order valence-corrected chi connectivity index (χ3v) is 4.50. The molecule has 0 aliphatic carbocycles. The Morgan fingerprint density at radius 2 is 2.18 bits per heavy atom. The van der Waals surface area contributed by atoms with Gasteiger partial charge in [-0.1, -0.05) is 0 Å². The van der Waals surface area contributed by atoms with E-state index < -0.39 is 0 Å². The van der Waals surface area contributed by atoms with E-state index in [9.17, 15) is 0 Å². The molecule has 2 aromatic heterocycles. The molecule has 2 rings (SSSR count). The third-order valence-electron chi connectivity index (χ3n) is 3.43. The molecule has 0 aliphatic rings. The van der Waals surface area contributed by atoms with E-state index in [2.05, 4.69) is 57.1 Å². The van der Waals surface area contributed by atoms with E-state index in [4.69, 9.17) is 0 Å². The SMILES string of the molecule is CN=C(NCc1sc(C)nc1C)N(C)Cc1cccn1C.I. The summed E-state index contributed by atoms with van der Waals surface area (Å²) in [5.41, 5.74) is 2.36. The van der Waals surface area contributed by atoms with E-state index in [-0.39, 0.29) is 24.0 Å². The van der Waals surface area contributed by atoms with Crippen LogP contribution >= 0.6 is 35.3 Å². The minimum atomic E-state index is 0. The second-order valence-electron chi connectivity index (χ2n) is 5.11. The Bertz CT molecular complexity index is 632. The number of nitrogens with one attached hydrogen (secondary N) is 1. The molecule has 0 aromatic carbocycles. The van der Waals surface area contributed by atoms with Crippen molar-refractivity contribution in [3.63, 3.8) is 0 Å². The van der Waals surface area contributed by atoms with Crippen molar-refractivity contribution in [2.24, 2.45) is 12.0 Å². The van der Waals surface area contributed by atoms with Crippen molar-refractivity contribution in [3.05, 3.63) is 39.6 Å². The van der Waals surface area contributed by atoms with Crippen molar-refractivity contribution >= 4 is 41.3 Å². The predicted octanol–water partition coefficient (Wildman–Crippen LogP) is 2.92. The summed E-state index contributed by atoms with van der Waals surface area (Å²) in [5, 5.41) is 4.52. The van der Waals surface area contributed by atoms with Crippen molar-refractivity contribution in [3.8, 4) is 0 Å². The molecule has 0 unspecified atom stereocenters. The highest BCUT2D eigenvalue weighted by Crippen LogP contribution is 2.16. The lowest BCUT2D eigenvalue weighted by Gasteiger charge is -2.22. The van der Waals surface area contributed by atoms with Crippen LogP contribution in [0.4, 0.5) is 0 Å². The van der Waals surface area contributed by atoms with Crippen molar-refractivity contribution < 1.29 is 0 Å². The first kappa shape index (κ1) is 19.0. The van der Waals surface area contributed by atoms with Gasteiger partial charge in [0.2, 0.25) is 0 Å². The quantitative estimate of drug-likeness (QED) is 0.458. The van der Waals surface area contributed by atoms with Crippen molar-refractivity contribution in [1.82, 2.24) is 19.8 Å². The van der Waals surface area contributed by atoms with Gasteiger partial charge in [-0.15, -0.1) is 35.3 Å². The van der Waals surface area contributed by atoms with Gasteiger partial charge in [-0.05, 0) is 26.0 Å². The number of aryl methyl sites for hydroxylation is 3. The van der Waals surface area contributed by atoms with Crippen LogP contribution in [-0.4, -0.2) is 34.5 Å². The number of nitrogens with zero attached hydrogens (tertiary/aromatic N) is 4. The lowest BCUT2D eigenvalue weighted by molar-refractivity contribution is 0.462. The molecule has 0 saturated carbocycles. The second kappa shape index (κ2) is 8.52. The van der Waals surface area contributed by atoms with Crippen LogP contribution in [0.25, 0.3) is 0 Å². The Kier molecular flexibility index (Phi) is 7.34. The molecule has 0 bridgehead atoms. The second-order valence-corrected chi connectivity index (χ2v) is 6.40. The van der Waals surface area contributed by atoms with Crippen LogP contribution in [-0.2, 0) is 20.1 Å². The summed E-state index contributed by atoms with van der Waals surface area (Å²) in [4.78, 5) is 12.2. The molecule has 0 atom stereocenters. The lowest BCUT2D eigenvalue weighted by Crippen LogP contribution is -2.38. The first-order valence-corrected chi connectivity index (χ1v) is 7.77. The fraction of sp³-hybridized carbons (Fsp3) is 0.467. The average molecular weight is 433 g/mol. The number of guanidine groups is 1. The summed E-state index contributed by atoms with van der Waals surface area (Å²) in [7, 11) is 5.92. The zero-order valence-electron chi connectivity index (χ0n) is 13.8. The summed E-state index contributed by atoms with van der Waals surface area (Å²) >= 11 is 1.74. The zero-order valence-corrected chi connectivity index (χ0v) is 16.9. The van der Waals surface area contributed by atoms with Crippen LogP contribution in [0.2, 0.25) is 0 Å². The molecule has 1 N–H and O–H groups in total. The average Bonchev–Trinajstić information content (AvgIpc) is 2.97. The fourth-order valence-electron chi connectivity index (χ4n) is 2.26. The highest BCUT2D eigenvalue weighted by Gasteiger charge is 2.10. The number of hydrogen-bond donors (Lipinski definition) is 1. The third kappa shape index (κ3) is 4.70. The maximum absolute atomic E-state index is 4.45. The Labute approximate surface area is 153 Å². The van der Waals surface area contributed by atoms with Gasteiger partial charge in [0, 0.05) is 37.9 Å². The number of aliphatic imine (C=N–C) groups is 1. The molecule has 7 heteroatoms. The fourth-order valence-corrected chi connectivity index (χ4v) is 3.14. The molecule has 22 heavy (non-hydrogen) atoms. The smallest absolute Gasteiger partial charge is 0.194 e. The molecule has 0 saturated heterocycles. The minimum Gasteiger partial charge on any atom is -0.353 e. The lowest BCUT2D eigenvalue weighted by atomic mass is 10.4. The molecular weight excluding hydrogens is 409 g/mol. The van der Waals surface area contributed by atoms with Gasteiger partial charge in [-0.3, -0.25) is 4.99 Å². The first-order chi connectivity index (χ1) is 10.0. The highest BCUT2D eigenvalue weighted by atomic mass is 127. The maximum Gasteiger partial charge on any atom is 0.194 e. The minimum absolute atomic E-state index is 0. The first-order valence-electron chi connectivity index (χ1n) is 6.96. The van der Waals surface area contributed by atoms with Gasteiger partial charge < -0.3 is 14.8 Å². The summed E-state index contributed by atoms with van der Waals surface area (Å²) in [6.45, 7) is 5.68. The van der Waals surface area contributed by atoms with Crippen molar-refractivity contribution in [2.45, 2.75) is 26.9 Å². The Morgan fingerprint density at radius 1 is 1.45 bits per heavy atom. The number of thiazole rings is 1. The van der Waals surface area contributed by atoms with E-state index in [0.29, 0.717) is 0 Å². The van der Waals surface area contributed by atoms with Crippen LogP contribution in [0.5, 0.6) is 0 Å². The van der Waals surface area contributed by atoms with E-state index >= 15 is 0 Å². The van der Waals surface area contributed by atoms with Gasteiger partial charge in [-0.2, -0.15) is 0 Å². The Morgan fingerprint density at radius 3 is 2.68 bits per heavy atom. The number of aromatic nitrogens is 2. The molecule has 2 heterocycles. The van der Waals surface area contributed by atoms with E-state index in [1.165, 1.54) is 10.6 Å². The van der Waals surface area contributed by atoms with Crippen LogP contribution in [0, 0.1) is 13.8 Å². The van der Waals surface area contributed by atoms with Crippen LogP contribution in [0.3, 0.4) is 0 Å². The normalized spacial score (nSPS) is 11.2. The largest absolute Gasteiger partial charge is 0.353 e.